The van der Waals surface area contributed by atoms with Gasteiger partial charge in [0, 0.05) is 25.6 Å². The van der Waals surface area contributed by atoms with Crippen molar-refractivity contribution in [2.45, 2.75) is 30.0 Å². The first-order valence-electron chi connectivity index (χ1n) is 8.64. The predicted molar refractivity (Wildman–Crippen MR) is 88.8 cm³/mol. The molecule has 9 nitrogen and oxygen atoms in total. The third kappa shape index (κ3) is 2.88. The highest BCUT2D eigenvalue weighted by atomic mass is 19.4. The van der Waals surface area contributed by atoms with Gasteiger partial charge in [-0.2, -0.15) is 13.2 Å². The summed E-state index contributed by atoms with van der Waals surface area (Å²) in [4.78, 5) is 37.3. The predicted octanol–water partition coefficient (Wildman–Crippen LogP) is -0.946. The Bertz CT molecular complexity index is 1040. The fourth-order valence-electron chi connectivity index (χ4n) is 4.21. The molecule has 4 heterocycles. The molecular weight excluding hydrogens is 399 g/mol. The molecule has 4 atom stereocenters. The number of carbonyl (C=O) groups excluding carboxylic acids is 1. The average molecular weight is 415 g/mol. The first kappa shape index (κ1) is 19.7. The van der Waals surface area contributed by atoms with E-state index in [-0.39, 0.29) is 17.6 Å². The van der Waals surface area contributed by atoms with Crippen LogP contribution in [0.15, 0.2) is 15.8 Å². The topological polar surface area (TPSA) is 112 Å². The van der Waals surface area contributed by atoms with Gasteiger partial charge < -0.3 is 19.5 Å². The number of alkyl halides is 3. The van der Waals surface area contributed by atoms with Crippen LogP contribution in [0.1, 0.15) is 12.0 Å². The second-order valence-electron chi connectivity index (χ2n) is 7.14. The van der Waals surface area contributed by atoms with E-state index in [9.17, 15) is 27.6 Å². The van der Waals surface area contributed by atoms with Crippen LogP contribution in [0.2, 0.25) is 0 Å². The SMILES string of the molecule is COC[C@@]12COC3C1CC3(n1cc(C#CCNC(=O)C(F)(F)F)c(=O)[nH]c1=O)O2. The van der Waals surface area contributed by atoms with Gasteiger partial charge in [0.2, 0.25) is 0 Å². The van der Waals surface area contributed by atoms with Crippen LogP contribution in [-0.2, 0) is 24.7 Å². The largest absolute Gasteiger partial charge is 0.471 e. The minimum atomic E-state index is -5.02. The summed E-state index contributed by atoms with van der Waals surface area (Å²) in [6, 6.07) is 0. The van der Waals surface area contributed by atoms with E-state index in [0.29, 0.717) is 19.6 Å². The molecule has 0 radical (unpaired) electrons. The van der Waals surface area contributed by atoms with Gasteiger partial charge in [0.25, 0.3) is 5.56 Å². The monoisotopic (exact) mass is 415 g/mol. The smallest absolute Gasteiger partial charge is 0.382 e. The molecular formula is C17H16F3N3O6. The van der Waals surface area contributed by atoms with Crippen LogP contribution >= 0.6 is 0 Å². The molecule has 1 aromatic rings. The quantitative estimate of drug-likeness (QED) is 0.614. The Kier molecular flexibility index (Phi) is 4.38. The molecule has 3 unspecified atom stereocenters. The van der Waals surface area contributed by atoms with E-state index in [1.165, 1.54) is 17.9 Å². The number of amides is 1. The maximum absolute atomic E-state index is 12.4. The van der Waals surface area contributed by atoms with Crippen molar-refractivity contribution in [3.05, 3.63) is 32.6 Å². The number of carbonyl (C=O) groups is 1. The number of methoxy groups -OCH3 is 1. The maximum atomic E-state index is 12.4. The van der Waals surface area contributed by atoms with Crippen molar-refractivity contribution in [2.24, 2.45) is 5.92 Å². The minimum Gasteiger partial charge on any atom is -0.382 e. The van der Waals surface area contributed by atoms with Crippen molar-refractivity contribution in [1.29, 1.82) is 0 Å². The number of H-pyrrole nitrogens is 1. The summed E-state index contributed by atoms with van der Waals surface area (Å²) in [6.07, 6.45) is -3.72. The minimum absolute atomic E-state index is 0.0494. The van der Waals surface area contributed by atoms with Crippen LogP contribution in [-0.4, -0.2) is 60.2 Å². The zero-order valence-corrected chi connectivity index (χ0v) is 15.1. The van der Waals surface area contributed by atoms with Crippen molar-refractivity contribution >= 4 is 5.91 Å². The van der Waals surface area contributed by atoms with Gasteiger partial charge in [0.05, 0.1) is 19.8 Å². The third-order valence-corrected chi connectivity index (χ3v) is 5.44. The van der Waals surface area contributed by atoms with Crippen LogP contribution in [0.3, 0.4) is 0 Å². The van der Waals surface area contributed by atoms with E-state index in [1.54, 1.807) is 5.32 Å². The van der Waals surface area contributed by atoms with Gasteiger partial charge in [-0.1, -0.05) is 11.8 Å². The number of aromatic nitrogens is 2. The van der Waals surface area contributed by atoms with E-state index in [0.717, 1.165) is 0 Å². The molecule has 4 bridgehead atoms. The molecule has 3 saturated heterocycles. The van der Waals surface area contributed by atoms with Crippen LogP contribution in [0, 0.1) is 17.8 Å². The zero-order valence-electron chi connectivity index (χ0n) is 15.1. The fourth-order valence-corrected chi connectivity index (χ4v) is 4.21. The normalized spacial score (nSPS) is 31.7. The van der Waals surface area contributed by atoms with E-state index in [4.69, 9.17) is 14.2 Å². The Morgan fingerprint density at radius 1 is 1.48 bits per heavy atom. The molecule has 2 N–H and O–H groups in total. The number of halogens is 3. The van der Waals surface area contributed by atoms with Crippen molar-refractivity contribution in [3.63, 3.8) is 0 Å². The lowest BCUT2D eigenvalue weighted by molar-refractivity contribution is -0.252. The average Bonchev–Trinajstić information content (AvgIpc) is 3.18. The summed E-state index contributed by atoms with van der Waals surface area (Å²) in [6.45, 7) is 0.00446. The van der Waals surface area contributed by atoms with Gasteiger partial charge in [0.15, 0.2) is 5.72 Å². The summed E-state index contributed by atoms with van der Waals surface area (Å²) in [5.74, 6) is 2.54. The Morgan fingerprint density at radius 2 is 2.24 bits per heavy atom. The number of hydrogen-bond acceptors (Lipinski definition) is 6. The molecule has 0 aromatic carbocycles. The number of rotatable bonds is 4. The maximum Gasteiger partial charge on any atom is 0.471 e. The second-order valence-corrected chi connectivity index (χ2v) is 7.14. The number of nitrogens with zero attached hydrogens (tertiary/aromatic N) is 1. The number of ether oxygens (including phenoxy) is 3. The highest BCUT2D eigenvalue weighted by molar-refractivity contribution is 5.81. The second kappa shape index (κ2) is 6.45. The molecule has 1 saturated carbocycles. The standard InChI is InChI=1S/C17H16F3N3O6/c1-27-7-15-8-28-11-10(15)5-16(11,29-15)23-6-9(12(24)22-14(23)26)3-2-4-21-13(25)17(18,19)20/h6,10-11H,4-5,7-8H2,1H3,(H,21,25)(H,22,24,26)/t10?,11?,15-,16?/m1/s1. The number of nitrogens with one attached hydrogen (secondary N) is 2. The van der Waals surface area contributed by atoms with Gasteiger partial charge in [-0.3, -0.25) is 19.1 Å². The Balaban J connectivity index is 1.58. The summed E-state index contributed by atoms with van der Waals surface area (Å²) in [5.41, 5.74) is -3.43. The fraction of sp³-hybridized carbons (Fsp3) is 0.588. The molecule has 5 rings (SSSR count). The van der Waals surface area contributed by atoms with E-state index < -0.39 is 41.2 Å². The molecule has 1 aromatic heterocycles. The van der Waals surface area contributed by atoms with Crippen LogP contribution in [0.25, 0.3) is 0 Å². The number of hydrogen-bond donors (Lipinski definition) is 2. The molecule has 1 amide bonds. The van der Waals surface area contributed by atoms with Gasteiger partial charge in [0.1, 0.15) is 17.3 Å². The van der Waals surface area contributed by atoms with Gasteiger partial charge in [-0.25, -0.2) is 4.79 Å². The van der Waals surface area contributed by atoms with Crippen LogP contribution in [0.4, 0.5) is 13.2 Å². The van der Waals surface area contributed by atoms with E-state index >= 15 is 0 Å². The van der Waals surface area contributed by atoms with Gasteiger partial charge in [-0.15, -0.1) is 0 Å². The zero-order chi connectivity index (χ0) is 21.0. The molecule has 29 heavy (non-hydrogen) atoms. The molecule has 156 valence electrons. The first-order valence-corrected chi connectivity index (χ1v) is 8.64. The van der Waals surface area contributed by atoms with E-state index in [2.05, 4.69) is 16.8 Å². The summed E-state index contributed by atoms with van der Waals surface area (Å²) in [7, 11) is 1.53. The molecule has 12 heteroatoms. The summed E-state index contributed by atoms with van der Waals surface area (Å²) >= 11 is 0. The van der Waals surface area contributed by atoms with Gasteiger partial charge >= 0.3 is 17.8 Å². The lowest BCUT2D eigenvalue weighted by Crippen LogP contribution is -2.58. The Morgan fingerprint density at radius 3 is 2.93 bits per heavy atom. The van der Waals surface area contributed by atoms with Crippen LogP contribution < -0.4 is 16.6 Å². The molecule has 4 aliphatic rings. The van der Waals surface area contributed by atoms with Gasteiger partial charge in [-0.05, 0) is 0 Å². The van der Waals surface area contributed by atoms with Crippen LogP contribution in [0.5, 0.6) is 0 Å². The lowest BCUT2D eigenvalue weighted by Gasteiger charge is -2.44. The Labute approximate surface area is 161 Å². The lowest BCUT2D eigenvalue weighted by atomic mass is 9.72. The third-order valence-electron chi connectivity index (χ3n) is 5.44. The Hall–Kier alpha value is -2.62. The van der Waals surface area contributed by atoms with Crippen molar-refractivity contribution in [3.8, 4) is 11.8 Å². The first-order chi connectivity index (χ1) is 13.6. The van der Waals surface area contributed by atoms with Crippen molar-refractivity contribution < 1.29 is 32.2 Å². The number of aromatic amines is 1. The molecule has 0 spiro atoms. The van der Waals surface area contributed by atoms with E-state index in [1.807, 2.05) is 0 Å². The molecule has 1 aliphatic carbocycles. The molecule has 4 fully saturated rings. The highest BCUT2D eigenvalue weighted by Gasteiger charge is 2.78. The van der Waals surface area contributed by atoms with Crippen molar-refractivity contribution in [1.82, 2.24) is 14.9 Å². The highest BCUT2D eigenvalue weighted by Crippen LogP contribution is 2.65. The summed E-state index contributed by atoms with van der Waals surface area (Å²) in [5, 5.41) is 1.57. The molecule has 3 aliphatic heterocycles. The van der Waals surface area contributed by atoms with Crippen molar-refractivity contribution in [2.75, 3.05) is 26.9 Å². The summed E-state index contributed by atoms with van der Waals surface area (Å²) < 4.78 is 54.8.